The zero-order valence-corrected chi connectivity index (χ0v) is 33.2. The number of hydrogen-bond donors (Lipinski definition) is 0. The Morgan fingerprint density at radius 1 is 0.311 bits per heavy atom. The molecule has 61 heavy (non-hydrogen) atoms. The van der Waals surface area contributed by atoms with Gasteiger partial charge in [0, 0.05) is 44.0 Å². The van der Waals surface area contributed by atoms with E-state index >= 15 is 0 Å². The van der Waals surface area contributed by atoms with Crippen LogP contribution < -0.4 is 4.90 Å². The van der Waals surface area contributed by atoms with E-state index in [0.29, 0.717) is 0 Å². The van der Waals surface area contributed by atoms with Crippen LogP contribution >= 0.6 is 0 Å². The smallest absolute Gasteiger partial charge is 0.135 e. The molecule has 0 amide bonds. The lowest BCUT2D eigenvalue weighted by atomic mass is 9.97. The molecule has 0 aliphatic heterocycles. The third kappa shape index (κ3) is 5.98. The van der Waals surface area contributed by atoms with Crippen molar-refractivity contribution in [1.29, 1.82) is 0 Å². The molecule has 0 fully saturated rings. The van der Waals surface area contributed by atoms with Gasteiger partial charge in [-0.2, -0.15) is 0 Å². The Labute approximate surface area is 353 Å². The SMILES string of the molecule is c1ccc(-c2ccc(N(c3ccc4oc5ccc(-c6cccc(-c7ccc8c(c7)c7ccccc7n8-c7ccccc7)c6)cc5c4c3)c3cccc4ccccc34)cc2)cc1. The molecule has 3 heteroatoms. The summed E-state index contributed by atoms with van der Waals surface area (Å²) >= 11 is 0. The van der Waals surface area contributed by atoms with Crippen molar-refractivity contribution in [3.8, 4) is 39.1 Å². The lowest BCUT2D eigenvalue weighted by molar-refractivity contribution is 0.669. The molecule has 10 aromatic carbocycles. The van der Waals surface area contributed by atoms with Crippen LogP contribution in [-0.4, -0.2) is 4.57 Å². The topological polar surface area (TPSA) is 21.3 Å². The summed E-state index contributed by atoms with van der Waals surface area (Å²) < 4.78 is 8.87. The molecule has 0 aliphatic carbocycles. The number of nitrogens with zero attached hydrogens (tertiary/aromatic N) is 2. The van der Waals surface area contributed by atoms with Gasteiger partial charge < -0.3 is 13.9 Å². The number of para-hydroxylation sites is 2. The Hall–Kier alpha value is -8.14. The van der Waals surface area contributed by atoms with Crippen LogP contribution in [0.4, 0.5) is 17.1 Å². The van der Waals surface area contributed by atoms with E-state index in [1.54, 1.807) is 0 Å². The molecule has 2 heterocycles. The second-order valence-electron chi connectivity index (χ2n) is 15.7. The van der Waals surface area contributed by atoms with Crippen molar-refractivity contribution in [2.75, 3.05) is 4.90 Å². The van der Waals surface area contributed by atoms with Gasteiger partial charge in [0.2, 0.25) is 0 Å². The first-order valence-corrected chi connectivity index (χ1v) is 20.8. The third-order valence-electron chi connectivity index (χ3n) is 12.2. The van der Waals surface area contributed by atoms with Crippen LogP contribution in [0.15, 0.2) is 235 Å². The molecular formula is C58H38N2O. The second-order valence-corrected chi connectivity index (χ2v) is 15.7. The minimum Gasteiger partial charge on any atom is -0.456 e. The summed E-state index contributed by atoms with van der Waals surface area (Å²) in [6.07, 6.45) is 0. The predicted molar refractivity (Wildman–Crippen MR) is 257 cm³/mol. The van der Waals surface area contributed by atoms with Gasteiger partial charge in [-0.15, -0.1) is 0 Å². The quantitative estimate of drug-likeness (QED) is 0.161. The molecule has 3 nitrogen and oxygen atoms in total. The van der Waals surface area contributed by atoms with Crippen LogP contribution in [0.1, 0.15) is 0 Å². The number of furan rings is 1. The second kappa shape index (κ2) is 14.3. The maximum absolute atomic E-state index is 6.51. The lowest BCUT2D eigenvalue weighted by Gasteiger charge is -2.27. The number of anilines is 3. The molecule has 0 spiro atoms. The summed E-state index contributed by atoms with van der Waals surface area (Å²) in [7, 11) is 0. The molecule has 0 aliphatic rings. The predicted octanol–water partition coefficient (Wildman–Crippen LogP) is 16.3. The molecule has 12 aromatic rings. The molecule has 0 radical (unpaired) electrons. The Morgan fingerprint density at radius 2 is 0.836 bits per heavy atom. The zero-order chi connectivity index (χ0) is 40.3. The highest BCUT2D eigenvalue weighted by atomic mass is 16.3. The Kier molecular flexibility index (Phi) is 8.17. The molecule has 0 N–H and O–H groups in total. The Balaban J connectivity index is 0.954. The van der Waals surface area contributed by atoms with Crippen LogP contribution in [0.2, 0.25) is 0 Å². The monoisotopic (exact) mass is 778 g/mol. The first-order valence-electron chi connectivity index (χ1n) is 20.8. The van der Waals surface area contributed by atoms with Crippen molar-refractivity contribution < 1.29 is 4.42 Å². The van der Waals surface area contributed by atoms with Crippen molar-refractivity contribution in [1.82, 2.24) is 4.57 Å². The highest BCUT2D eigenvalue weighted by molar-refractivity contribution is 6.11. The van der Waals surface area contributed by atoms with E-state index in [1.165, 1.54) is 54.8 Å². The van der Waals surface area contributed by atoms with Crippen LogP contribution in [-0.2, 0) is 0 Å². The van der Waals surface area contributed by atoms with Gasteiger partial charge in [0.05, 0.1) is 16.7 Å². The summed E-state index contributed by atoms with van der Waals surface area (Å²) in [5.74, 6) is 0. The van der Waals surface area contributed by atoms with E-state index in [1.807, 2.05) is 0 Å². The number of aromatic nitrogens is 1. The van der Waals surface area contributed by atoms with Crippen molar-refractivity contribution in [2.45, 2.75) is 0 Å². The summed E-state index contributed by atoms with van der Waals surface area (Å²) in [5.41, 5.74) is 15.6. The van der Waals surface area contributed by atoms with Gasteiger partial charge in [0.1, 0.15) is 11.2 Å². The van der Waals surface area contributed by atoms with Crippen LogP contribution in [0.25, 0.3) is 93.6 Å². The van der Waals surface area contributed by atoms with Gasteiger partial charge in [-0.3, -0.25) is 0 Å². The fourth-order valence-corrected chi connectivity index (χ4v) is 9.23. The van der Waals surface area contributed by atoms with Crippen molar-refractivity contribution in [3.63, 3.8) is 0 Å². The summed E-state index contributed by atoms with van der Waals surface area (Å²) in [5, 5.41) is 7.06. The summed E-state index contributed by atoms with van der Waals surface area (Å²) in [6, 6.07) is 82.9. The minimum absolute atomic E-state index is 0.866. The number of benzene rings is 10. The van der Waals surface area contributed by atoms with E-state index in [2.05, 4.69) is 240 Å². The van der Waals surface area contributed by atoms with E-state index < -0.39 is 0 Å². The van der Waals surface area contributed by atoms with E-state index in [-0.39, 0.29) is 0 Å². The first kappa shape index (κ1) is 34.9. The largest absolute Gasteiger partial charge is 0.456 e. The van der Waals surface area contributed by atoms with Crippen LogP contribution in [0.3, 0.4) is 0 Å². The van der Waals surface area contributed by atoms with E-state index in [4.69, 9.17) is 4.42 Å². The molecule has 0 saturated heterocycles. The average molecular weight is 779 g/mol. The molecule has 2 aromatic heterocycles. The molecule has 0 bridgehead atoms. The van der Waals surface area contributed by atoms with Gasteiger partial charge in [0.25, 0.3) is 0 Å². The summed E-state index contributed by atoms with van der Waals surface area (Å²) in [6.45, 7) is 0. The highest BCUT2D eigenvalue weighted by Crippen LogP contribution is 2.43. The van der Waals surface area contributed by atoms with Gasteiger partial charge in [-0.05, 0) is 124 Å². The van der Waals surface area contributed by atoms with Crippen molar-refractivity contribution in [3.05, 3.63) is 231 Å². The normalized spacial score (nSPS) is 11.6. The standard InChI is InChI=1S/C58H38N2O/c1-3-13-39(14-4-1)40-25-29-47(30-26-40)59(54-24-12-16-41-15-7-8-21-49(41)54)48-31-34-58-53(38-48)52-37-45(28-33-57(52)61-58)43-18-11-17-42(35-43)44-27-32-56-51(36-44)50-22-9-10-23-55(50)60(56)46-19-5-2-6-20-46/h1-38H. The molecule has 0 saturated carbocycles. The van der Waals surface area contributed by atoms with Gasteiger partial charge in [-0.1, -0.05) is 146 Å². The molecule has 286 valence electrons. The van der Waals surface area contributed by atoms with E-state index in [9.17, 15) is 0 Å². The van der Waals surface area contributed by atoms with Crippen LogP contribution in [0.5, 0.6) is 0 Å². The number of rotatable bonds is 7. The summed E-state index contributed by atoms with van der Waals surface area (Å²) in [4.78, 5) is 2.37. The maximum Gasteiger partial charge on any atom is 0.135 e. The minimum atomic E-state index is 0.866. The highest BCUT2D eigenvalue weighted by Gasteiger charge is 2.19. The van der Waals surface area contributed by atoms with Crippen molar-refractivity contribution >= 4 is 71.6 Å². The van der Waals surface area contributed by atoms with Gasteiger partial charge >= 0.3 is 0 Å². The van der Waals surface area contributed by atoms with Gasteiger partial charge in [0.15, 0.2) is 0 Å². The van der Waals surface area contributed by atoms with Crippen LogP contribution in [0, 0.1) is 0 Å². The number of fused-ring (bicyclic) bond motifs is 7. The first-order chi connectivity index (χ1) is 30.2. The molecular weight excluding hydrogens is 741 g/mol. The Morgan fingerprint density at radius 3 is 1.64 bits per heavy atom. The van der Waals surface area contributed by atoms with E-state index in [0.717, 1.165) is 55.8 Å². The number of hydrogen-bond acceptors (Lipinski definition) is 2. The lowest BCUT2D eigenvalue weighted by Crippen LogP contribution is -2.10. The zero-order valence-electron chi connectivity index (χ0n) is 33.2. The average Bonchev–Trinajstić information content (AvgIpc) is 3.87. The molecule has 0 atom stereocenters. The third-order valence-corrected chi connectivity index (χ3v) is 12.2. The fourth-order valence-electron chi connectivity index (χ4n) is 9.23. The van der Waals surface area contributed by atoms with Gasteiger partial charge in [-0.25, -0.2) is 0 Å². The molecule has 0 unspecified atom stereocenters. The maximum atomic E-state index is 6.51. The molecule has 12 rings (SSSR count). The Bertz CT molecular complexity index is 3580. The van der Waals surface area contributed by atoms with Crippen molar-refractivity contribution in [2.24, 2.45) is 0 Å². The fraction of sp³-hybridized carbons (Fsp3) is 0.